The van der Waals surface area contributed by atoms with E-state index in [1.807, 2.05) is 72.8 Å². The molecule has 4 rings (SSSR count). The normalized spacial score (nSPS) is 14.5. The summed E-state index contributed by atoms with van der Waals surface area (Å²) in [6, 6.07) is 25.4. The Morgan fingerprint density at radius 1 is 0.912 bits per heavy atom. The summed E-state index contributed by atoms with van der Waals surface area (Å²) >= 11 is 0. The van der Waals surface area contributed by atoms with Crippen LogP contribution in [0.15, 0.2) is 78.9 Å². The van der Waals surface area contributed by atoms with E-state index in [9.17, 15) is 10.1 Å². The molecule has 0 atom stereocenters. The summed E-state index contributed by atoms with van der Waals surface area (Å²) in [5.74, 6) is 0. The van der Waals surface area contributed by atoms with Crippen molar-refractivity contribution in [3.63, 3.8) is 0 Å². The van der Waals surface area contributed by atoms with Gasteiger partial charge in [0.15, 0.2) is 0 Å². The van der Waals surface area contributed by atoms with Gasteiger partial charge >= 0.3 is 0 Å². The number of rotatable bonds is 9. The van der Waals surface area contributed by atoms with E-state index in [1.54, 1.807) is 6.07 Å². The molecule has 3 aromatic carbocycles. The first kappa shape index (κ1) is 23.7. The average molecular weight is 460 g/mol. The molecular weight excluding hydrogens is 426 g/mol. The molecule has 7 heteroatoms. The van der Waals surface area contributed by atoms with Crippen LogP contribution in [0.4, 0.5) is 17.1 Å². The van der Waals surface area contributed by atoms with Crippen molar-refractivity contribution in [3.05, 3.63) is 100 Å². The summed E-state index contributed by atoms with van der Waals surface area (Å²) in [6.45, 7) is 5.90. The van der Waals surface area contributed by atoms with Crippen LogP contribution >= 0.6 is 0 Å². The number of benzene rings is 3. The van der Waals surface area contributed by atoms with Crippen molar-refractivity contribution in [2.75, 3.05) is 63.6 Å². The molecule has 1 N–H and O–H groups in total. The largest absolute Gasteiger partial charge is 0.369 e. The topological polar surface area (TPSA) is 64.9 Å². The van der Waals surface area contributed by atoms with Crippen molar-refractivity contribution < 1.29 is 4.92 Å². The quantitative estimate of drug-likeness (QED) is 0.376. The molecule has 3 aromatic rings. The molecule has 0 aromatic heterocycles. The van der Waals surface area contributed by atoms with Gasteiger partial charge in [-0.15, -0.1) is 0 Å². The molecule has 34 heavy (non-hydrogen) atoms. The highest BCUT2D eigenvalue weighted by Gasteiger charge is 2.23. The van der Waals surface area contributed by atoms with E-state index in [-0.39, 0.29) is 16.7 Å². The molecule has 1 aliphatic heterocycles. The Labute approximate surface area is 201 Å². The minimum atomic E-state index is -0.307. The molecule has 1 aliphatic rings. The number of nitro benzene ring substituents is 1. The van der Waals surface area contributed by atoms with Gasteiger partial charge in [0.05, 0.1) is 11.0 Å². The van der Waals surface area contributed by atoms with Crippen LogP contribution in [0, 0.1) is 10.1 Å². The fraction of sp³-hybridized carbons (Fsp3) is 0.333. The molecular formula is C27H33N5O2. The van der Waals surface area contributed by atoms with Gasteiger partial charge in [-0.05, 0) is 37.4 Å². The molecule has 0 unspecified atom stereocenters. The van der Waals surface area contributed by atoms with Crippen molar-refractivity contribution in [1.82, 2.24) is 9.80 Å². The number of likely N-dealkylation sites (N-methyl/N-ethyl adjacent to an activating group) is 1. The molecule has 0 radical (unpaired) electrons. The van der Waals surface area contributed by atoms with Crippen molar-refractivity contribution in [2.45, 2.75) is 6.04 Å². The summed E-state index contributed by atoms with van der Waals surface area (Å²) in [5, 5.41) is 15.4. The molecule has 1 saturated heterocycles. The summed E-state index contributed by atoms with van der Waals surface area (Å²) < 4.78 is 0. The third-order valence-corrected chi connectivity index (χ3v) is 6.34. The maximum atomic E-state index is 11.9. The third-order valence-electron chi connectivity index (χ3n) is 6.34. The Balaban J connectivity index is 1.58. The summed E-state index contributed by atoms with van der Waals surface area (Å²) in [6.07, 6.45) is 0. The van der Waals surface area contributed by atoms with Gasteiger partial charge < -0.3 is 15.1 Å². The molecule has 7 nitrogen and oxygen atoms in total. The number of nitro groups is 1. The highest BCUT2D eigenvalue weighted by Crippen LogP contribution is 2.35. The van der Waals surface area contributed by atoms with E-state index in [0.29, 0.717) is 5.69 Å². The Bertz CT molecular complexity index is 1030. The van der Waals surface area contributed by atoms with Gasteiger partial charge in [0, 0.05) is 51.0 Å². The van der Waals surface area contributed by atoms with Crippen LogP contribution in [-0.2, 0) is 0 Å². The highest BCUT2D eigenvalue weighted by molar-refractivity contribution is 5.70. The number of hydrogen-bond acceptors (Lipinski definition) is 6. The van der Waals surface area contributed by atoms with Gasteiger partial charge in [-0.1, -0.05) is 60.7 Å². The van der Waals surface area contributed by atoms with Gasteiger partial charge in [0.2, 0.25) is 0 Å². The van der Waals surface area contributed by atoms with Crippen molar-refractivity contribution in [2.24, 2.45) is 0 Å². The number of nitrogens with one attached hydrogen (secondary N) is 1. The molecule has 0 spiro atoms. The molecule has 0 saturated carbocycles. The zero-order valence-electron chi connectivity index (χ0n) is 19.9. The second kappa shape index (κ2) is 11.1. The van der Waals surface area contributed by atoms with E-state index in [1.165, 1.54) is 0 Å². The zero-order valence-corrected chi connectivity index (χ0v) is 19.9. The zero-order chi connectivity index (χ0) is 23.9. The monoisotopic (exact) mass is 459 g/mol. The Kier molecular flexibility index (Phi) is 7.77. The van der Waals surface area contributed by atoms with Gasteiger partial charge in [-0.25, -0.2) is 0 Å². The Morgan fingerprint density at radius 3 is 2.03 bits per heavy atom. The van der Waals surface area contributed by atoms with Crippen LogP contribution in [0.3, 0.4) is 0 Å². The van der Waals surface area contributed by atoms with Crippen LogP contribution in [0.2, 0.25) is 0 Å². The molecule has 0 amide bonds. The molecule has 178 valence electrons. The van der Waals surface area contributed by atoms with Gasteiger partial charge in [0.1, 0.15) is 5.69 Å². The van der Waals surface area contributed by atoms with E-state index < -0.39 is 0 Å². The molecule has 0 bridgehead atoms. The van der Waals surface area contributed by atoms with E-state index in [0.717, 1.165) is 56.1 Å². The van der Waals surface area contributed by atoms with Crippen LogP contribution < -0.4 is 10.2 Å². The fourth-order valence-electron chi connectivity index (χ4n) is 4.37. The third kappa shape index (κ3) is 5.92. The second-order valence-corrected chi connectivity index (χ2v) is 8.99. The lowest BCUT2D eigenvalue weighted by molar-refractivity contribution is -0.384. The Morgan fingerprint density at radius 2 is 1.50 bits per heavy atom. The lowest BCUT2D eigenvalue weighted by Crippen LogP contribution is -2.48. The standard InChI is InChI=1S/C27H33N5O2/c1-29(2)15-16-30-17-19-31(20-18-30)24-13-14-26(32(33)34)25(21-24)28-27(22-9-5-3-6-10-22)23-11-7-4-8-12-23/h3-14,21,27-28H,15-20H2,1-2H3. The first-order chi connectivity index (χ1) is 16.5. The minimum Gasteiger partial charge on any atom is -0.369 e. The van der Waals surface area contributed by atoms with E-state index in [4.69, 9.17) is 0 Å². The maximum absolute atomic E-state index is 11.9. The highest BCUT2D eigenvalue weighted by atomic mass is 16.6. The van der Waals surface area contributed by atoms with Crippen LogP contribution in [-0.4, -0.2) is 68.1 Å². The average Bonchev–Trinajstić information content (AvgIpc) is 2.87. The summed E-state index contributed by atoms with van der Waals surface area (Å²) in [4.78, 5) is 18.6. The van der Waals surface area contributed by atoms with Crippen molar-refractivity contribution in [1.29, 1.82) is 0 Å². The fourth-order valence-corrected chi connectivity index (χ4v) is 4.37. The van der Waals surface area contributed by atoms with Crippen molar-refractivity contribution >= 4 is 17.1 Å². The van der Waals surface area contributed by atoms with Gasteiger partial charge in [-0.3, -0.25) is 15.0 Å². The predicted molar refractivity (Wildman–Crippen MR) is 139 cm³/mol. The Hall–Kier alpha value is -3.42. The number of hydrogen-bond donors (Lipinski definition) is 1. The van der Waals surface area contributed by atoms with E-state index >= 15 is 0 Å². The van der Waals surface area contributed by atoms with E-state index in [2.05, 4.69) is 34.1 Å². The number of nitrogens with zero attached hydrogens (tertiary/aromatic N) is 4. The SMILES string of the molecule is CN(C)CCN1CCN(c2ccc([N+](=O)[O-])c(NC(c3ccccc3)c3ccccc3)c2)CC1. The number of anilines is 2. The van der Waals surface area contributed by atoms with Crippen molar-refractivity contribution in [3.8, 4) is 0 Å². The second-order valence-electron chi connectivity index (χ2n) is 8.99. The predicted octanol–water partition coefficient (Wildman–Crippen LogP) is 4.48. The van der Waals surface area contributed by atoms with Gasteiger partial charge in [0.25, 0.3) is 5.69 Å². The van der Waals surface area contributed by atoms with Crippen LogP contribution in [0.5, 0.6) is 0 Å². The lowest BCUT2D eigenvalue weighted by Gasteiger charge is -2.36. The smallest absolute Gasteiger partial charge is 0.292 e. The van der Waals surface area contributed by atoms with Crippen LogP contribution in [0.25, 0.3) is 0 Å². The first-order valence-electron chi connectivity index (χ1n) is 11.8. The molecule has 0 aliphatic carbocycles. The summed E-state index contributed by atoms with van der Waals surface area (Å²) in [5.41, 5.74) is 3.76. The van der Waals surface area contributed by atoms with Gasteiger partial charge in [-0.2, -0.15) is 0 Å². The van der Waals surface area contributed by atoms with Crippen LogP contribution in [0.1, 0.15) is 17.2 Å². The minimum absolute atomic E-state index is 0.0882. The number of piperazine rings is 1. The summed E-state index contributed by atoms with van der Waals surface area (Å²) in [7, 11) is 4.19. The molecule has 1 fully saturated rings. The molecule has 1 heterocycles. The lowest BCUT2D eigenvalue weighted by atomic mass is 9.98. The maximum Gasteiger partial charge on any atom is 0.292 e. The first-order valence-corrected chi connectivity index (χ1v) is 11.8.